The van der Waals surface area contributed by atoms with Crippen LogP contribution in [0.15, 0.2) is 42.5 Å². The van der Waals surface area contributed by atoms with Crippen LogP contribution in [-0.4, -0.2) is 49.7 Å². The van der Waals surface area contributed by atoms with Gasteiger partial charge in [0.15, 0.2) is 0 Å². The molecule has 1 amide bonds. The largest absolute Gasteiger partial charge is 0.496 e. The van der Waals surface area contributed by atoms with Crippen molar-refractivity contribution < 1.29 is 18.7 Å². The minimum Gasteiger partial charge on any atom is -0.496 e. The number of nitrogens with zero attached hydrogens (tertiary/aromatic N) is 1. The van der Waals surface area contributed by atoms with Gasteiger partial charge in [0.05, 0.1) is 19.3 Å². The molecule has 1 fully saturated rings. The number of carbonyl (C=O) groups excluding carboxylic acids is 1. The summed E-state index contributed by atoms with van der Waals surface area (Å²) < 4.78 is 23.9. The highest BCUT2D eigenvalue weighted by atomic mass is 19.1. The molecule has 32 heavy (non-hydrogen) atoms. The van der Waals surface area contributed by atoms with Gasteiger partial charge in [0.1, 0.15) is 17.3 Å². The number of methoxy groups -OCH3 is 1. The highest BCUT2D eigenvalue weighted by molar-refractivity contribution is 5.97. The number of nitrogens with one attached hydrogen (secondary N) is 1. The van der Waals surface area contributed by atoms with Gasteiger partial charge in [-0.15, -0.1) is 0 Å². The standard InChI is InChI=1S/C24H31FN2O3.CH4.H3N/c1-18-5-10-22(29-3)21(17-18)23(28)26-24(2)11-14-27(15-12-24)13-4-16-30-20-8-6-19(25)7-9-20;;/h5-10,17H,4,11-16H2,1-3H3,(H,26,28);1H4;1H3. The number of amides is 1. The van der Waals surface area contributed by atoms with Crippen molar-refractivity contribution in [2.24, 2.45) is 0 Å². The zero-order valence-corrected chi connectivity index (χ0v) is 18.7. The number of aryl methyl sites for hydroxylation is 1. The zero-order valence-electron chi connectivity index (χ0n) is 18.7. The van der Waals surface area contributed by atoms with Crippen LogP contribution in [0.2, 0.25) is 0 Å². The zero-order chi connectivity index (χ0) is 21.6. The average molecular weight is 448 g/mol. The Kier molecular flexibility index (Phi) is 10.6. The number of hydrogen-bond donors (Lipinski definition) is 2. The lowest BCUT2D eigenvalue weighted by Crippen LogP contribution is -2.53. The quantitative estimate of drug-likeness (QED) is 0.557. The van der Waals surface area contributed by atoms with E-state index in [2.05, 4.69) is 17.1 Å². The van der Waals surface area contributed by atoms with E-state index in [0.717, 1.165) is 44.5 Å². The van der Waals surface area contributed by atoms with Gasteiger partial charge in [-0.1, -0.05) is 19.1 Å². The van der Waals surface area contributed by atoms with E-state index in [1.165, 1.54) is 12.1 Å². The second-order valence-electron chi connectivity index (χ2n) is 8.22. The molecule has 1 saturated heterocycles. The number of hydrogen-bond acceptors (Lipinski definition) is 5. The second kappa shape index (κ2) is 12.4. The van der Waals surface area contributed by atoms with Gasteiger partial charge in [0, 0.05) is 25.2 Å². The van der Waals surface area contributed by atoms with Crippen molar-refractivity contribution >= 4 is 5.91 Å². The molecule has 0 unspecified atom stereocenters. The fourth-order valence-corrected chi connectivity index (χ4v) is 3.74. The number of piperidine rings is 1. The molecule has 2 aromatic carbocycles. The maximum absolute atomic E-state index is 12.9. The summed E-state index contributed by atoms with van der Waals surface area (Å²) in [5, 5.41) is 3.23. The number of carbonyl (C=O) groups is 1. The summed E-state index contributed by atoms with van der Waals surface area (Å²) in [4.78, 5) is 15.3. The van der Waals surface area contributed by atoms with E-state index in [0.29, 0.717) is 23.7 Å². The van der Waals surface area contributed by atoms with Crippen LogP contribution >= 0.6 is 0 Å². The Morgan fingerprint density at radius 1 is 1.16 bits per heavy atom. The molecule has 1 aliphatic rings. The van der Waals surface area contributed by atoms with Crippen LogP contribution < -0.4 is 20.9 Å². The SMILES string of the molecule is C.COc1ccc(C)cc1C(=O)NC1(C)CCN(CCCOc2ccc(F)cc2)CC1.N. The topological polar surface area (TPSA) is 85.8 Å². The predicted octanol–water partition coefficient (Wildman–Crippen LogP) is 4.99. The molecule has 0 radical (unpaired) electrons. The van der Waals surface area contributed by atoms with Gasteiger partial charge in [-0.05, 0) is 69.5 Å². The fraction of sp³-hybridized carbons (Fsp3) is 0.480. The van der Waals surface area contributed by atoms with Gasteiger partial charge in [0.2, 0.25) is 0 Å². The first kappa shape index (κ1) is 27.4. The number of likely N-dealkylation sites (tertiary alicyclic amines) is 1. The summed E-state index contributed by atoms with van der Waals surface area (Å²) in [6, 6.07) is 11.7. The second-order valence-corrected chi connectivity index (χ2v) is 8.22. The normalized spacial score (nSPS) is 15.1. The maximum atomic E-state index is 12.9. The van der Waals surface area contributed by atoms with Crippen LogP contribution in [0, 0.1) is 12.7 Å². The molecule has 7 heteroatoms. The van der Waals surface area contributed by atoms with Crippen LogP contribution in [0.1, 0.15) is 49.5 Å². The predicted molar refractivity (Wildman–Crippen MR) is 128 cm³/mol. The summed E-state index contributed by atoms with van der Waals surface area (Å²) in [6.45, 7) is 7.48. The molecular formula is C25H38FN3O3. The molecule has 1 aliphatic heterocycles. The van der Waals surface area contributed by atoms with Crippen LogP contribution in [0.25, 0.3) is 0 Å². The van der Waals surface area contributed by atoms with Gasteiger partial charge in [-0.3, -0.25) is 4.79 Å². The van der Waals surface area contributed by atoms with Crippen LogP contribution in [-0.2, 0) is 0 Å². The van der Waals surface area contributed by atoms with E-state index >= 15 is 0 Å². The van der Waals surface area contributed by atoms with Crippen molar-refractivity contribution in [2.45, 2.75) is 46.1 Å². The van der Waals surface area contributed by atoms with Crippen LogP contribution in [0.5, 0.6) is 11.5 Å². The van der Waals surface area contributed by atoms with E-state index in [4.69, 9.17) is 9.47 Å². The van der Waals surface area contributed by atoms with Crippen molar-refractivity contribution in [3.05, 3.63) is 59.4 Å². The summed E-state index contributed by atoms with van der Waals surface area (Å²) in [7, 11) is 1.58. The monoisotopic (exact) mass is 447 g/mol. The third kappa shape index (κ3) is 7.50. The van der Waals surface area contributed by atoms with E-state index in [1.54, 1.807) is 19.2 Å². The van der Waals surface area contributed by atoms with Gasteiger partial charge in [0.25, 0.3) is 5.91 Å². The van der Waals surface area contributed by atoms with Crippen LogP contribution in [0.3, 0.4) is 0 Å². The summed E-state index contributed by atoms with van der Waals surface area (Å²) >= 11 is 0. The lowest BCUT2D eigenvalue weighted by molar-refractivity contribution is 0.0826. The lowest BCUT2D eigenvalue weighted by Gasteiger charge is -2.40. The van der Waals surface area contributed by atoms with Crippen molar-refractivity contribution in [1.29, 1.82) is 0 Å². The molecule has 0 saturated carbocycles. The number of benzene rings is 2. The fourth-order valence-electron chi connectivity index (χ4n) is 3.74. The van der Waals surface area contributed by atoms with Crippen LogP contribution in [0.4, 0.5) is 4.39 Å². The minimum atomic E-state index is -0.258. The molecule has 0 spiro atoms. The molecule has 0 bridgehead atoms. The van der Waals surface area contributed by atoms with Crippen molar-refractivity contribution in [2.75, 3.05) is 33.4 Å². The molecule has 4 N–H and O–H groups in total. The molecule has 0 aromatic heterocycles. The first-order valence-electron chi connectivity index (χ1n) is 10.5. The Hall–Kier alpha value is -2.64. The number of rotatable bonds is 8. The third-order valence-corrected chi connectivity index (χ3v) is 5.68. The molecule has 0 atom stereocenters. The number of ether oxygens (including phenoxy) is 2. The molecular weight excluding hydrogens is 409 g/mol. The summed E-state index contributed by atoms with van der Waals surface area (Å²) in [5.41, 5.74) is 1.38. The van der Waals surface area contributed by atoms with Gasteiger partial charge in [-0.2, -0.15) is 0 Å². The molecule has 1 heterocycles. The molecule has 2 aromatic rings. The summed E-state index contributed by atoms with van der Waals surface area (Å²) in [6.07, 6.45) is 2.69. The molecule has 0 aliphatic carbocycles. The Labute approximate surface area is 191 Å². The Morgan fingerprint density at radius 2 is 1.81 bits per heavy atom. The van der Waals surface area contributed by atoms with E-state index in [9.17, 15) is 9.18 Å². The molecule has 3 rings (SSSR count). The lowest BCUT2D eigenvalue weighted by atomic mass is 9.89. The van der Waals surface area contributed by atoms with Crippen molar-refractivity contribution in [3.63, 3.8) is 0 Å². The minimum absolute atomic E-state index is 0. The van der Waals surface area contributed by atoms with Crippen molar-refractivity contribution in [3.8, 4) is 11.5 Å². The van der Waals surface area contributed by atoms with E-state index in [1.807, 2.05) is 25.1 Å². The van der Waals surface area contributed by atoms with Crippen molar-refractivity contribution in [1.82, 2.24) is 16.4 Å². The third-order valence-electron chi connectivity index (χ3n) is 5.68. The average Bonchev–Trinajstić information content (AvgIpc) is 2.73. The first-order chi connectivity index (χ1) is 14.4. The van der Waals surface area contributed by atoms with Gasteiger partial charge >= 0.3 is 0 Å². The number of halogens is 1. The Morgan fingerprint density at radius 3 is 2.44 bits per heavy atom. The smallest absolute Gasteiger partial charge is 0.255 e. The Bertz CT molecular complexity index is 850. The Balaban J connectivity index is 0.00000256. The summed E-state index contributed by atoms with van der Waals surface area (Å²) in [5.74, 6) is 0.947. The van der Waals surface area contributed by atoms with E-state index in [-0.39, 0.29) is 30.8 Å². The van der Waals surface area contributed by atoms with Gasteiger partial charge < -0.3 is 25.8 Å². The van der Waals surface area contributed by atoms with E-state index < -0.39 is 0 Å². The van der Waals surface area contributed by atoms with Gasteiger partial charge in [-0.25, -0.2) is 4.39 Å². The maximum Gasteiger partial charge on any atom is 0.255 e. The molecule has 6 nitrogen and oxygen atoms in total. The highest BCUT2D eigenvalue weighted by Crippen LogP contribution is 2.25. The first-order valence-corrected chi connectivity index (χ1v) is 10.5. The molecule has 178 valence electrons. The highest BCUT2D eigenvalue weighted by Gasteiger charge is 2.32.